The van der Waals surface area contributed by atoms with Crippen LogP contribution in [-0.4, -0.2) is 19.8 Å². The maximum absolute atomic E-state index is 13.5. The molecule has 1 rings (SSSR count). The van der Waals surface area contributed by atoms with Crippen molar-refractivity contribution >= 4 is 11.6 Å². The van der Waals surface area contributed by atoms with Gasteiger partial charge < -0.3 is 10.1 Å². The Kier molecular flexibility index (Phi) is 6.48. The molecule has 1 unspecified atom stereocenters. The standard InChI is InChI=1S/C13H19ClFNO/c1-3-4-12(9-17-2)16-8-10-7-11(14)5-6-13(10)15/h5-7,12,16H,3-4,8-9H2,1-2H3. The molecular weight excluding hydrogens is 241 g/mol. The highest BCUT2D eigenvalue weighted by molar-refractivity contribution is 6.30. The van der Waals surface area contributed by atoms with Gasteiger partial charge in [-0.3, -0.25) is 0 Å². The molecule has 1 aromatic rings. The third-order valence-corrected chi connectivity index (χ3v) is 2.83. The molecule has 0 aromatic heterocycles. The van der Waals surface area contributed by atoms with E-state index in [9.17, 15) is 4.39 Å². The first-order valence-electron chi connectivity index (χ1n) is 5.83. The summed E-state index contributed by atoms with van der Waals surface area (Å²) in [7, 11) is 1.67. The van der Waals surface area contributed by atoms with Crippen molar-refractivity contribution in [2.45, 2.75) is 32.4 Å². The smallest absolute Gasteiger partial charge is 0.127 e. The van der Waals surface area contributed by atoms with Gasteiger partial charge in [0.2, 0.25) is 0 Å². The van der Waals surface area contributed by atoms with E-state index in [1.165, 1.54) is 6.07 Å². The summed E-state index contributed by atoms with van der Waals surface area (Å²) in [6.45, 7) is 3.22. The zero-order valence-electron chi connectivity index (χ0n) is 10.3. The van der Waals surface area contributed by atoms with Gasteiger partial charge in [0.1, 0.15) is 5.82 Å². The average Bonchev–Trinajstić information content (AvgIpc) is 2.30. The summed E-state index contributed by atoms with van der Waals surface area (Å²) in [6.07, 6.45) is 2.08. The topological polar surface area (TPSA) is 21.3 Å². The van der Waals surface area contributed by atoms with Crippen molar-refractivity contribution in [1.82, 2.24) is 5.32 Å². The first-order chi connectivity index (χ1) is 8.17. The van der Waals surface area contributed by atoms with Crippen LogP contribution in [0.1, 0.15) is 25.3 Å². The van der Waals surface area contributed by atoms with Gasteiger partial charge in [0, 0.05) is 30.3 Å². The molecule has 96 valence electrons. The van der Waals surface area contributed by atoms with Gasteiger partial charge in [0.05, 0.1) is 6.61 Å². The lowest BCUT2D eigenvalue weighted by Crippen LogP contribution is -2.32. The van der Waals surface area contributed by atoms with Gasteiger partial charge >= 0.3 is 0 Å². The summed E-state index contributed by atoms with van der Waals surface area (Å²) in [5.74, 6) is -0.227. The summed E-state index contributed by atoms with van der Waals surface area (Å²) >= 11 is 5.84. The van der Waals surface area contributed by atoms with Crippen molar-refractivity contribution < 1.29 is 9.13 Å². The van der Waals surface area contributed by atoms with Crippen LogP contribution in [0, 0.1) is 5.82 Å². The van der Waals surface area contributed by atoms with E-state index in [4.69, 9.17) is 16.3 Å². The van der Waals surface area contributed by atoms with E-state index >= 15 is 0 Å². The van der Waals surface area contributed by atoms with E-state index in [1.807, 2.05) is 0 Å². The molecular formula is C13H19ClFNO. The Morgan fingerprint density at radius 2 is 2.24 bits per heavy atom. The second-order valence-electron chi connectivity index (χ2n) is 4.06. The molecule has 0 heterocycles. The number of benzene rings is 1. The number of nitrogens with one attached hydrogen (secondary N) is 1. The summed E-state index contributed by atoms with van der Waals surface area (Å²) in [5.41, 5.74) is 0.592. The van der Waals surface area contributed by atoms with E-state index in [2.05, 4.69) is 12.2 Å². The maximum atomic E-state index is 13.5. The lowest BCUT2D eigenvalue weighted by Gasteiger charge is -2.17. The zero-order valence-corrected chi connectivity index (χ0v) is 11.1. The molecule has 1 aromatic carbocycles. The molecule has 0 radical (unpaired) electrons. The Bertz CT molecular complexity index is 340. The summed E-state index contributed by atoms with van der Waals surface area (Å²) in [4.78, 5) is 0. The second-order valence-corrected chi connectivity index (χ2v) is 4.49. The minimum Gasteiger partial charge on any atom is -0.383 e. The molecule has 0 spiro atoms. The highest BCUT2D eigenvalue weighted by Gasteiger charge is 2.08. The average molecular weight is 260 g/mol. The molecule has 0 aliphatic heterocycles. The molecule has 0 amide bonds. The molecule has 0 saturated heterocycles. The first-order valence-corrected chi connectivity index (χ1v) is 6.21. The second kappa shape index (κ2) is 7.64. The molecule has 1 atom stereocenters. The summed E-state index contributed by atoms with van der Waals surface area (Å²) in [6, 6.07) is 4.85. The van der Waals surface area contributed by atoms with Gasteiger partial charge in [0.25, 0.3) is 0 Å². The Balaban J connectivity index is 2.55. The molecule has 0 bridgehead atoms. The van der Waals surface area contributed by atoms with Crippen LogP contribution in [0.5, 0.6) is 0 Å². The Hall–Kier alpha value is -0.640. The Labute approximate surface area is 107 Å². The van der Waals surface area contributed by atoms with Crippen LogP contribution in [0.15, 0.2) is 18.2 Å². The fraction of sp³-hybridized carbons (Fsp3) is 0.538. The van der Waals surface area contributed by atoms with Crippen LogP contribution >= 0.6 is 11.6 Å². The van der Waals surface area contributed by atoms with Gasteiger partial charge in [-0.15, -0.1) is 0 Å². The van der Waals surface area contributed by atoms with Gasteiger partial charge in [-0.05, 0) is 24.6 Å². The minimum absolute atomic E-state index is 0.227. The van der Waals surface area contributed by atoms with Crippen molar-refractivity contribution in [2.24, 2.45) is 0 Å². The molecule has 2 nitrogen and oxygen atoms in total. The van der Waals surface area contributed by atoms with Crippen LogP contribution in [0.25, 0.3) is 0 Å². The molecule has 0 aliphatic rings. The van der Waals surface area contributed by atoms with Crippen molar-refractivity contribution in [3.05, 3.63) is 34.6 Å². The van der Waals surface area contributed by atoms with Crippen LogP contribution in [0.4, 0.5) is 4.39 Å². The Morgan fingerprint density at radius 1 is 1.47 bits per heavy atom. The van der Waals surface area contributed by atoms with E-state index in [0.29, 0.717) is 23.7 Å². The SMILES string of the molecule is CCCC(COC)NCc1cc(Cl)ccc1F. The van der Waals surface area contributed by atoms with Crippen LogP contribution in [0.2, 0.25) is 5.02 Å². The van der Waals surface area contributed by atoms with Gasteiger partial charge in [-0.1, -0.05) is 24.9 Å². The fourth-order valence-electron chi connectivity index (χ4n) is 1.73. The van der Waals surface area contributed by atoms with Gasteiger partial charge in [-0.25, -0.2) is 4.39 Å². The largest absolute Gasteiger partial charge is 0.383 e. The van der Waals surface area contributed by atoms with Crippen LogP contribution < -0.4 is 5.32 Å². The molecule has 1 N–H and O–H groups in total. The van der Waals surface area contributed by atoms with E-state index in [1.54, 1.807) is 19.2 Å². The number of hydrogen-bond donors (Lipinski definition) is 1. The predicted molar refractivity (Wildman–Crippen MR) is 68.8 cm³/mol. The van der Waals surface area contributed by atoms with Crippen LogP contribution in [0.3, 0.4) is 0 Å². The molecule has 0 fully saturated rings. The predicted octanol–water partition coefficient (Wildman–Crippen LogP) is 3.38. The lowest BCUT2D eigenvalue weighted by molar-refractivity contribution is 0.161. The molecule has 4 heteroatoms. The number of rotatable bonds is 7. The highest BCUT2D eigenvalue weighted by atomic mass is 35.5. The number of hydrogen-bond acceptors (Lipinski definition) is 2. The Morgan fingerprint density at radius 3 is 2.88 bits per heavy atom. The lowest BCUT2D eigenvalue weighted by atomic mass is 10.1. The summed E-state index contributed by atoms with van der Waals surface area (Å²) < 4.78 is 18.6. The van der Waals surface area contributed by atoms with Crippen molar-refractivity contribution in [3.63, 3.8) is 0 Å². The third-order valence-electron chi connectivity index (χ3n) is 2.59. The zero-order chi connectivity index (χ0) is 12.7. The van der Waals surface area contributed by atoms with E-state index in [-0.39, 0.29) is 11.9 Å². The van der Waals surface area contributed by atoms with E-state index < -0.39 is 0 Å². The fourth-order valence-corrected chi connectivity index (χ4v) is 1.92. The highest BCUT2D eigenvalue weighted by Crippen LogP contribution is 2.15. The third kappa shape index (κ3) is 5.02. The van der Waals surface area contributed by atoms with Crippen molar-refractivity contribution in [2.75, 3.05) is 13.7 Å². The van der Waals surface area contributed by atoms with Crippen LogP contribution in [-0.2, 0) is 11.3 Å². The summed E-state index contributed by atoms with van der Waals surface area (Å²) in [5, 5.41) is 3.84. The number of ether oxygens (including phenoxy) is 1. The number of methoxy groups -OCH3 is 1. The van der Waals surface area contributed by atoms with Crippen molar-refractivity contribution in [3.8, 4) is 0 Å². The quantitative estimate of drug-likeness (QED) is 0.811. The van der Waals surface area contributed by atoms with Crippen molar-refractivity contribution in [1.29, 1.82) is 0 Å². The normalized spacial score (nSPS) is 12.7. The maximum Gasteiger partial charge on any atom is 0.127 e. The first kappa shape index (κ1) is 14.4. The van der Waals surface area contributed by atoms with E-state index in [0.717, 1.165) is 12.8 Å². The van der Waals surface area contributed by atoms with Gasteiger partial charge in [-0.2, -0.15) is 0 Å². The number of halogens is 2. The molecule has 0 aliphatic carbocycles. The minimum atomic E-state index is -0.227. The van der Waals surface area contributed by atoms with Gasteiger partial charge in [0.15, 0.2) is 0 Å². The molecule has 17 heavy (non-hydrogen) atoms. The molecule has 0 saturated carbocycles. The monoisotopic (exact) mass is 259 g/mol.